The highest BCUT2D eigenvalue weighted by Gasteiger charge is 2.23. The summed E-state index contributed by atoms with van der Waals surface area (Å²) in [5.74, 6) is 1.02. The van der Waals surface area contributed by atoms with Crippen LogP contribution in [0.4, 0.5) is 16.4 Å². The number of nitrogens with two attached hydrogens (primary N) is 1. The molecule has 37 heavy (non-hydrogen) atoms. The van der Waals surface area contributed by atoms with Gasteiger partial charge in [-0.3, -0.25) is 13.9 Å². The van der Waals surface area contributed by atoms with Crippen molar-refractivity contribution in [2.45, 2.75) is 69.9 Å². The van der Waals surface area contributed by atoms with E-state index in [1.54, 1.807) is 23.9 Å². The number of ether oxygens (including phenoxy) is 1. The predicted octanol–water partition coefficient (Wildman–Crippen LogP) is 3.76. The zero-order valence-electron chi connectivity index (χ0n) is 21.4. The fourth-order valence-corrected chi connectivity index (χ4v) is 5.11. The Morgan fingerprint density at radius 3 is 2.38 bits per heavy atom. The Bertz CT molecular complexity index is 1300. The van der Waals surface area contributed by atoms with Crippen LogP contribution in [0.3, 0.4) is 0 Å². The number of nitrogens with one attached hydrogen (secondary N) is 2. The molecule has 3 heterocycles. The molecule has 11 heteroatoms. The minimum absolute atomic E-state index is 0.00496. The van der Waals surface area contributed by atoms with Gasteiger partial charge in [0.2, 0.25) is 0 Å². The first kappa shape index (κ1) is 26.2. The Kier molecular flexibility index (Phi) is 8.42. The summed E-state index contributed by atoms with van der Waals surface area (Å²) in [6, 6.07) is 7.76. The van der Waals surface area contributed by atoms with Gasteiger partial charge in [0.05, 0.1) is 24.3 Å². The van der Waals surface area contributed by atoms with Gasteiger partial charge in [-0.15, -0.1) is 0 Å². The van der Waals surface area contributed by atoms with Crippen molar-refractivity contribution in [2.24, 2.45) is 12.8 Å². The van der Waals surface area contributed by atoms with Crippen LogP contribution in [0.15, 0.2) is 35.3 Å². The average molecular weight is 510 g/mol. The van der Waals surface area contributed by atoms with Crippen molar-refractivity contribution >= 4 is 34.7 Å². The number of pyridine rings is 2. The number of hydrogen-bond donors (Lipinski definition) is 3. The van der Waals surface area contributed by atoms with Gasteiger partial charge in [0.25, 0.3) is 5.91 Å². The molecule has 11 nitrogen and oxygen atoms in total. The standard InChI is InChI=1S/C24H30N6O2.C2H5NO2/c1-29-20-15-25-22(14-19(20)30(24(29)32)17-10-5-6-11-17)28-21-13-7-12-18(27-21)23(31)26-16-8-3-2-4-9-16;1-5-2(3)4/h7,12-17H,2-6,8-11H2,1H3,(H,26,31)(H,25,27,28);1H3,(H2,3,4). The van der Waals surface area contributed by atoms with E-state index in [9.17, 15) is 14.4 Å². The largest absolute Gasteiger partial charge is 0.453 e. The molecule has 2 aliphatic carbocycles. The number of aryl methyl sites for hydroxylation is 1. The number of nitrogens with zero attached hydrogens (tertiary/aromatic N) is 4. The van der Waals surface area contributed by atoms with Gasteiger partial charge in [0.15, 0.2) is 0 Å². The summed E-state index contributed by atoms with van der Waals surface area (Å²) in [5, 5.41) is 6.33. The van der Waals surface area contributed by atoms with Crippen LogP contribution in [-0.4, -0.2) is 44.3 Å². The molecule has 2 saturated carbocycles. The Morgan fingerprint density at radius 2 is 1.70 bits per heavy atom. The van der Waals surface area contributed by atoms with Crippen LogP contribution in [0.1, 0.15) is 74.3 Å². The van der Waals surface area contributed by atoms with Crippen molar-refractivity contribution in [1.29, 1.82) is 0 Å². The number of amides is 2. The van der Waals surface area contributed by atoms with Crippen molar-refractivity contribution in [3.05, 3.63) is 46.6 Å². The van der Waals surface area contributed by atoms with Gasteiger partial charge in [-0.2, -0.15) is 0 Å². The zero-order chi connectivity index (χ0) is 26.4. The first-order chi connectivity index (χ1) is 17.9. The predicted molar refractivity (Wildman–Crippen MR) is 141 cm³/mol. The Morgan fingerprint density at radius 1 is 1.03 bits per heavy atom. The number of carbonyl (C=O) groups excluding carboxylic acids is 2. The summed E-state index contributed by atoms with van der Waals surface area (Å²) in [6.45, 7) is 0. The summed E-state index contributed by atoms with van der Waals surface area (Å²) in [6.07, 6.45) is 11.0. The Balaban J connectivity index is 0.000000586. The lowest BCUT2D eigenvalue weighted by molar-refractivity contribution is 0.0922. The lowest BCUT2D eigenvalue weighted by Crippen LogP contribution is -2.36. The van der Waals surface area contributed by atoms with Gasteiger partial charge in [0, 0.05) is 25.2 Å². The number of carbonyl (C=O) groups is 2. The number of hydrogen-bond acceptors (Lipinski definition) is 7. The third-order valence-corrected chi connectivity index (χ3v) is 7.04. The van der Waals surface area contributed by atoms with E-state index < -0.39 is 6.09 Å². The minimum atomic E-state index is -0.745. The summed E-state index contributed by atoms with van der Waals surface area (Å²) in [7, 11) is 3.02. The van der Waals surface area contributed by atoms with E-state index in [0.717, 1.165) is 49.6 Å². The second-order valence-corrected chi connectivity index (χ2v) is 9.57. The quantitative estimate of drug-likeness (QED) is 0.474. The molecule has 2 fully saturated rings. The topological polar surface area (TPSA) is 146 Å². The van der Waals surface area contributed by atoms with Crippen molar-refractivity contribution < 1.29 is 14.3 Å². The van der Waals surface area contributed by atoms with E-state index in [1.807, 2.05) is 22.8 Å². The van der Waals surface area contributed by atoms with Crippen molar-refractivity contribution in [3.8, 4) is 0 Å². The van der Waals surface area contributed by atoms with Crippen molar-refractivity contribution in [2.75, 3.05) is 12.4 Å². The molecule has 0 aliphatic heterocycles. The smallest absolute Gasteiger partial charge is 0.404 e. The molecule has 0 spiro atoms. The van der Waals surface area contributed by atoms with Crippen LogP contribution in [0.5, 0.6) is 0 Å². The van der Waals surface area contributed by atoms with Gasteiger partial charge in [-0.05, 0) is 37.8 Å². The van der Waals surface area contributed by atoms with Crippen molar-refractivity contribution in [3.63, 3.8) is 0 Å². The van der Waals surface area contributed by atoms with Gasteiger partial charge in [-0.25, -0.2) is 19.6 Å². The van der Waals surface area contributed by atoms with Crippen LogP contribution >= 0.6 is 0 Å². The van der Waals surface area contributed by atoms with E-state index in [4.69, 9.17) is 0 Å². The number of imidazole rings is 1. The van der Waals surface area contributed by atoms with Gasteiger partial charge < -0.3 is 21.1 Å². The molecule has 2 amide bonds. The second kappa shape index (κ2) is 11.9. The van der Waals surface area contributed by atoms with E-state index in [1.165, 1.54) is 26.4 Å². The maximum absolute atomic E-state index is 12.8. The Labute approximate surface area is 215 Å². The first-order valence-corrected chi connectivity index (χ1v) is 12.8. The molecular weight excluding hydrogens is 474 g/mol. The third kappa shape index (κ3) is 6.28. The van der Waals surface area contributed by atoms with Gasteiger partial charge >= 0.3 is 11.8 Å². The summed E-state index contributed by atoms with van der Waals surface area (Å²) >= 11 is 0. The maximum atomic E-state index is 12.8. The highest BCUT2D eigenvalue weighted by atomic mass is 16.5. The molecule has 0 radical (unpaired) electrons. The van der Waals surface area contributed by atoms with Crippen LogP contribution in [0, 0.1) is 0 Å². The molecule has 0 bridgehead atoms. The monoisotopic (exact) mass is 509 g/mol. The van der Waals surface area contributed by atoms with E-state index in [2.05, 4.69) is 31.1 Å². The molecule has 0 aromatic carbocycles. The maximum Gasteiger partial charge on any atom is 0.404 e. The number of fused-ring (bicyclic) bond motifs is 1. The lowest BCUT2D eigenvalue weighted by Gasteiger charge is -2.22. The first-order valence-electron chi connectivity index (χ1n) is 12.8. The number of aromatic nitrogens is 4. The summed E-state index contributed by atoms with van der Waals surface area (Å²) in [5.41, 5.74) is 6.53. The fourth-order valence-electron chi connectivity index (χ4n) is 5.11. The number of rotatable bonds is 5. The number of methoxy groups -OCH3 is 1. The molecule has 3 aromatic heterocycles. The number of anilines is 2. The number of primary amides is 1. The van der Waals surface area contributed by atoms with Crippen LogP contribution in [0.2, 0.25) is 0 Å². The molecular formula is C26H35N7O4. The van der Waals surface area contributed by atoms with E-state index in [-0.39, 0.29) is 23.7 Å². The molecule has 0 unspecified atom stereocenters. The third-order valence-electron chi connectivity index (χ3n) is 7.04. The molecule has 4 N–H and O–H groups in total. The lowest BCUT2D eigenvalue weighted by atomic mass is 9.95. The summed E-state index contributed by atoms with van der Waals surface area (Å²) in [4.78, 5) is 43.9. The van der Waals surface area contributed by atoms with E-state index >= 15 is 0 Å². The van der Waals surface area contributed by atoms with Crippen LogP contribution < -0.4 is 22.1 Å². The average Bonchev–Trinajstić information content (AvgIpc) is 3.51. The van der Waals surface area contributed by atoms with Crippen LogP contribution in [0.25, 0.3) is 11.0 Å². The summed E-state index contributed by atoms with van der Waals surface area (Å²) < 4.78 is 7.47. The molecule has 3 aromatic rings. The molecule has 0 saturated heterocycles. The normalized spacial score (nSPS) is 16.2. The SMILES string of the molecule is COC(N)=O.Cn1c(=O)n(C2CCCC2)c2cc(Nc3cccc(C(=O)NC4CCCCC4)n3)ncc21. The molecule has 2 aliphatic rings. The Hall–Kier alpha value is -3.89. The molecule has 0 atom stereocenters. The van der Waals surface area contributed by atoms with Gasteiger partial charge in [0.1, 0.15) is 17.3 Å². The molecule has 198 valence electrons. The molecule has 5 rings (SSSR count). The minimum Gasteiger partial charge on any atom is -0.453 e. The highest BCUT2D eigenvalue weighted by Crippen LogP contribution is 2.31. The van der Waals surface area contributed by atoms with Crippen molar-refractivity contribution in [1.82, 2.24) is 24.4 Å². The van der Waals surface area contributed by atoms with E-state index in [0.29, 0.717) is 17.3 Å². The van der Waals surface area contributed by atoms with Gasteiger partial charge in [-0.1, -0.05) is 38.2 Å². The second-order valence-electron chi connectivity index (χ2n) is 9.57. The highest BCUT2D eigenvalue weighted by molar-refractivity contribution is 5.93. The van der Waals surface area contributed by atoms with Crippen LogP contribution in [-0.2, 0) is 11.8 Å². The zero-order valence-corrected chi connectivity index (χ0v) is 21.4. The fraction of sp³-hybridized carbons (Fsp3) is 0.500.